The minimum absolute atomic E-state index is 0.0968. The molecule has 0 saturated carbocycles. The summed E-state index contributed by atoms with van der Waals surface area (Å²) in [6.07, 6.45) is 2.25. The van der Waals surface area contributed by atoms with Crippen LogP contribution in [0.25, 0.3) is 0 Å². The van der Waals surface area contributed by atoms with Gasteiger partial charge in [-0.1, -0.05) is 19.1 Å². The molecule has 35 heavy (non-hydrogen) atoms. The summed E-state index contributed by atoms with van der Waals surface area (Å²) in [5.74, 6) is 2.91. The molecule has 1 aromatic heterocycles. The molecule has 1 spiro atoms. The Labute approximate surface area is 207 Å². The minimum atomic E-state index is -0.797. The van der Waals surface area contributed by atoms with Gasteiger partial charge in [-0.3, -0.25) is 9.69 Å². The van der Waals surface area contributed by atoms with Crippen LogP contribution >= 0.6 is 0 Å². The van der Waals surface area contributed by atoms with Crippen molar-refractivity contribution in [2.24, 2.45) is 0 Å². The fourth-order valence-corrected chi connectivity index (χ4v) is 5.23. The summed E-state index contributed by atoms with van der Waals surface area (Å²) in [6.45, 7) is 7.69. The molecule has 190 valence electrons. The molecule has 2 aromatic rings. The molecule has 8 nitrogen and oxygen atoms in total. The Balaban J connectivity index is 1.43. The lowest BCUT2D eigenvalue weighted by Gasteiger charge is -2.42. The number of piperidine rings is 1. The molecule has 2 fully saturated rings. The van der Waals surface area contributed by atoms with E-state index in [-0.39, 0.29) is 18.5 Å². The summed E-state index contributed by atoms with van der Waals surface area (Å²) in [5, 5.41) is 0. The van der Waals surface area contributed by atoms with Gasteiger partial charge in [0.15, 0.2) is 0 Å². The highest BCUT2D eigenvalue weighted by atomic mass is 16.5. The lowest BCUT2D eigenvalue weighted by Crippen LogP contribution is -2.57. The smallest absolute Gasteiger partial charge is 0.328 e. The number of benzene rings is 1. The summed E-state index contributed by atoms with van der Waals surface area (Å²) in [5.41, 5.74) is 0.0729. The van der Waals surface area contributed by atoms with Crippen LogP contribution in [0, 0.1) is 6.92 Å². The van der Waals surface area contributed by atoms with Crippen LogP contribution < -0.4 is 4.74 Å². The molecule has 0 radical (unpaired) electrons. The fourth-order valence-electron chi connectivity index (χ4n) is 5.23. The lowest BCUT2D eigenvalue weighted by atomic mass is 9.85. The number of likely N-dealkylation sites (tertiary alicyclic amines) is 1. The van der Waals surface area contributed by atoms with Crippen LogP contribution in [0.3, 0.4) is 0 Å². The number of carbonyl (C=O) groups is 2. The van der Waals surface area contributed by atoms with E-state index in [1.165, 1.54) is 4.90 Å². The van der Waals surface area contributed by atoms with Gasteiger partial charge >= 0.3 is 6.03 Å². The molecule has 4 rings (SSSR count). The van der Waals surface area contributed by atoms with Crippen LogP contribution in [0.5, 0.6) is 5.75 Å². The Bertz CT molecular complexity index is 1030. The van der Waals surface area contributed by atoms with Crippen molar-refractivity contribution in [1.82, 2.24) is 14.7 Å². The average Bonchev–Trinajstić information content (AvgIpc) is 3.38. The standard InChI is InChI=1S/C27H37N3O5/c1-20(24-9-8-21(2)35-24)10-13-28-14-11-27(12-15-28)25(31)29(26(32)30(27)16-17-33-3)19-22-6-5-7-23(18-22)34-4/h5-9,18,20H,10-17,19H2,1-4H3/t20-/m0/s1. The Kier molecular flexibility index (Phi) is 7.82. The van der Waals surface area contributed by atoms with E-state index >= 15 is 0 Å². The summed E-state index contributed by atoms with van der Waals surface area (Å²) in [7, 11) is 3.23. The third kappa shape index (κ3) is 5.23. The Morgan fingerprint density at radius 1 is 1.09 bits per heavy atom. The first-order valence-electron chi connectivity index (χ1n) is 12.4. The van der Waals surface area contributed by atoms with Gasteiger partial charge in [0.25, 0.3) is 5.91 Å². The van der Waals surface area contributed by atoms with Gasteiger partial charge < -0.3 is 23.7 Å². The highest BCUT2D eigenvalue weighted by molar-refractivity contribution is 6.07. The summed E-state index contributed by atoms with van der Waals surface area (Å²) in [4.78, 5) is 32.7. The molecule has 0 bridgehead atoms. The molecule has 0 aliphatic carbocycles. The van der Waals surface area contributed by atoms with Crippen LogP contribution in [0.2, 0.25) is 0 Å². The Morgan fingerprint density at radius 2 is 1.86 bits per heavy atom. The van der Waals surface area contributed by atoms with Crippen molar-refractivity contribution in [3.63, 3.8) is 0 Å². The number of methoxy groups -OCH3 is 2. The quantitative estimate of drug-likeness (QED) is 0.475. The van der Waals surface area contributed by atoms with Crippen LogP contribution in [0.4, 0.5) is 4.79 Å². The number of furan rings is 1. The maximum absolute atomic E-state index is 13.7. The zero-order valence-corrected chi connectivity index (χ0v) is 21.3. The highest BCUT2D eigenvalue weighted by Crippen LogP contribution is 2.38. The van der Waals surface area contributed by atoms with E-state index in [0.717, 1.165) is 43.1 Å². The number of ether oxygens (including phenoxy) is 2. The van der Waals surface area contributed by atoms with Crippen molar-refractivity contribution in [3.05, 3.63) is 53.5 Å². The van der Waals surface area contributed by atoms with Gasteiger partial charge in [0.2, 0.25) is 0 Å². The van der Waals surface area contributed by atoms with Crippen molar-refractivity contribution in [2.75, 3.05) is 47.0 Å². The van der Waals surface area contributed by atoms with Gasteiger partial charge in [0, 0.05) is 32.7 Å². The number of amides is 3. The number of imide groups is 1. The van der Waals surface area contributed by atoms with Gasteiger partial charge in [-0.25, -0.2) is 4.79 Å². The number of urea groups is 1. The van der Waals surface area contributed by atoms with E-state index in [1.807, 2.05) is 37.3 Å². The highest BCUT2D eigenvalue weighted by Gasteiger charge is 2.57. The number of carbonyl (C=O) groups excluding carboxylic acids is 2. The predicted molar refractivity (Wildman–Crippen MR) is 132 cm³/mol. The van der Waals surface area contributed by atoms with Crippen molar-refractivity contribution < 1.29 is 23.5 Å². The van der Waals surface area contributed by atoms with E-state index < -0.39 is 5.54 Å². The number of hydrogen-bond acceptors (Lipinski definition) is 6. The fraction of sp³-hybridized carbons (Fsp3) is 0.556. The number of aryl methyl sites for hydroxylation is 1. The zero-order valence-electron chi connectivity index (χ0n) is 21.3. The van der Waals surface area contributed by atoms with Crippen molar-refractivity contribution >= 4 is 11.9 Å². The molecule has 1 atom stereocenters. The molecule has 2 aliphatic heterocycles. The molecule has 2 aliphatic rings. The molecule has 2 saturated heterocycles. The third-order valence-electron chi connectivity index (χ3n) is 7.42. The summed E-state index contributed by atoms with van der Waals surface area (Å²) >= 11 is 0. The lowest BCUT2D eigenvalue weighted by molar-refractivity contribution is -0.136. The van der Waals surface area contributed by atoms with Gasteiger partial charge in [-0.05, 0) is 62.6 Å². The van der Waals surface area contributed by atoms with E-state index in [0.29, 0.717) is 37.7 Å². The molecule has 3 heterocycles. The van der Waals surface area contributed by atoms with Crippen molar-refractivity contribution in [2.45, 2.75) is 51.1 Å². The molecule has 1 aromatic carbocycles. The van der Waals surface area contributed by atoms with Gasteiger partial charge in [0.05, 0.1) is 20.3 Å². The van der Waals surface area contributed by atoms with Gasteiger partial charge in [-0.2, -0.15) is 0 Å². The average molecular weight is 484 g/mol. The van der Waals surface area contributed by atoms with E-state index in [4.69, 9.17) is 13.9 Å². The molecule has 8 heteroatoms. The largest absolute Gasteiger partial charge is 0.497 e. The first-order chi connectivity index (χ1) is 16.9. The monoisotopic (exact) mass is 483 g/mol. The van der Waals surface area contributed by atoms with Crippen molar-refractivity contribution in [3.8, 4) is 5.75 Å². The van der Waals surface area contributed by atoms with E-state index in [1.54, 1.807) is 19.1 Å². The summed E-state index contributed by atoms with van der Waals surface area (Å²) < 4.78 is 16.4. The van der Waals surface area contributed by atoms with E-state index in [9.17, 15) is 9.59 Å². The van der Waals surface area contributed by atoms with Crippen LogP contribution in [0.1, 0.15) is 49.2 Å². The second kappa shape index (κ2) is 10.8. The second-order valence-electron chi connectivity index (χ2n) is 9.68. The Morgan fingerprint density at radius 3 is 2.51 bits per heavy atom. The topological polar surface area (TPSA) is 75.5 Å². The number of hydrogen-bond donors (Lipinski definition) is 0. The predicted octanol–water partition coefficient (Wildman–Crippen LogP) is 4.04. The number of nitrogens with zero attached hydrogens (tertiary/aromatic N) is 3. The van der Waals surface area contributed by atoms with Crippen molar-refractivity contribution in [1.29, 1.82) is 0 Å². The molecular formula is C27H37N3O5. The zero-order chi connectivity index (χ0) is 25.0. The van der Waals surface area contributed by atoms with Crippen LogP contribution in [0.15, 0.2) is 40.8 Å². The molecule has 0 unspecified atom stereocenters. The van der Waals surface area contributed by atoms with Crippen LogP contribution in [-0.2, 0) is 16.1 Å². The Hall–Kier alpha value is -2.84. The van der Waals surface area contributed by atoms with E-state index in [2.05, 4.69) is 17.9 Å². The molecular weight excluding hydrogens is 446 g/mol. The molecule has 0 N–H and O–H groups in total. The third-order valence-corrected chi connectivity index (χ3v) is 7.42. The SMILES string of the molecule is COCCN1C(=O)N(Cc2cccc(OC)c2)C(=O)C12CCN(CC[C@H](C)c1ccc(C)o1)CC2. The van der Waals surface area contributed by atoms with Gasteiger partial charge in [0.1, 0.15) is 22.8 Å². The van der Waals surface area contributed by atoms with Gasteiger partial charge in [-0.15, -0.1) is 0 Å². The summed E-state index contributed by atoms with van der Waals surface area (Å²) in [6, 6.07) is 11.3. The minimum Gasteiger partial charge on any atom is -0.497 e. The maximum atomic E-state index is 13.7. The first kappa shape index (κ1) is 25.3. The second-order valence-corrected chi connectivity index (χ2v) is 9.68. The maximum Gasteiger partial charge on any atom is 0.328 e. The molecule has 3 amide bonds. The first-order valence-corrected chi connectivity index (χ1v) is 12.4. The normalized spacial score (nSPS) is 19.1. The number of rotatable bonds is 10. The van der Waals surface area contributed by atoms with Crippen LogP contribution in [-0.4, -0.2) is 79.2 Å².